The molecule has 0 bridgehead atoms. The number of aromatic nitrogens is 2. The van der Waals surface area contributed by atoms with Crippen LogP contribution < -0.4 is 0 Å². The molecule has 22 heavy (non-hydrogen) atoms. The number of unbranched alkanes of at least 4 members (excludes halogenated alkanes) is 1. The lowest BCUT2D eigenvalue weighted by Gasteiger charge is -2.04. The van der Waals surface area contributed by atoms with Crippen LogP contribution in [0.15, 0.2) is 39.9 Å². The zero-order valence-corrected chi connectivity index (χ0v) is 13.5. The molecule has 0 spiro atoms. The van der Waals surface area contributed by atoms with Gasteiger partial charge >= 0.3 is 0 Å². The summed E-state index contributed by atoms with van der Waals surface area (Å²) in [6.45, 7) is 4.83. The number of aromatic hydroxyl groups is 1. The fourth-order valence-corrected chi connectivity index (χ4v) is 3.01. The van der Waals surface area contributed by atoms with E-state index in [1.54, 1.807) is 0 Å². The summed E-state index contributed by atoms with van der Waals surface area (Å²) in [5.41, 5.74) is 2.42. The van der Waals surface area contributed by atoms with E-state index in [4.69, 9.17) is 0 Å². The Bertz CT molecular complexity index is 819. The van der Waals surface area contributed by atoms with Crippen LogP contribution in [0.25, 0.3) is 10.9 Å². The van der Waals surface area contributed by atoms with Crippen LogP contribution in [0.2, 0.25) is 0 Å². The Morgan fingerprint density at radius 2 is 2.09 bits per heavy atom. The molecular formula is C16H18N4OS. The predicted molar refractivity (Wildman–Crippen MR) is 89.5 cm³/mol. The molecule has 0 aliphatic heterocycles. The minimum atomic E-state index is 0.173. The number of nitrogens with zero attached hydrogens (tertiary/aromatic N) is 4. The number of hydrogen-bond donors (Lipinski definition) is 1. The molecular weight excluding hydrogens is 296 g/mol. The summed E-state index contributed by atoms with van der Waals surface area (Å²) in [7, 11) is 0. The molecule has 5 nitrogen and oxygen atoms in total. The van der Waals surface area contributed by atoms with Crippen LogP contribution >= 0.6 is 11.3 Å². The van der Waals surface area contributed by atoms with Crippen molar-refractivity contribution in [3.05, 3.63) is 35.3 Å². The predicted octanol–water partition coefficient (Wildman–Crippen LogP) is 5.33. The van der Waals surface area contributed by atoms with Gasteiger partial charge in [-0.05, 0) is 19.4 Å². The van der Waals surface area contributed by atoms with Crippen LogP contribution in [0, 0.1) is 6.92 Å². The fourth-order valence-electron chi connectivity index (χ4n) is 2.39. The molecule has 114 valence electrons. The van der Waals surface area contributed by atoms with Crippen molar-refractivity contribution in [2.24, 2.45) is 10.2 Å². The summed E-state index contributed by atoms with van der Waals surface area (Å²) in [4.78, 5) is 4.26. The van der Waals surface area contributed by atoms with Gasteiger partial charge in [0.1, 0.15) is 0 Å². The maximum absolute atomic E-state index is 10.5. The van der Waals surface area contributed by atoms with E-state index >= 15 is 0 Å². The number of thiazole rings is 1. The van der Waals surface area contributed by atoms with Crippen LogP contribution in [0.4, 0.5) is 10.8 Å². The topological polar surface area (TPSA) is 62.8 Å². The molecule has 2 aromatic heterocycles. The number of benzene rings is 1. The van der Waals surface area contributed by atoms with Gasteiger partial charge < -0.3 is 9.67 Å². The first kappa shape index (κ1) is 14.7. The van der Waals surface area contributed by atoms with Gasteiger partial charge in [-0.3, -0.25) is 0 Å². The average molecular weight is 314 g/mol. The van der Waals surface area contributed by atoms with E-state index in [0.717, 1.165) is 36.0 Å². The smallest absolute Gasteiger partial charge is 0.230 e. The highest BCUT2D eigenvalue weighted by Gasteiger charge is 2.15. The molecule has 0 aliphatic rings. The van der Waals surface area contributed by atoms with Crippen LogP contribution in [0.1, 0.15) is 25.5 Å². The first-order valence-corrected chi connectivity index (χ1v) is 8.22. The standard InChI is InChI=1S/C16H18N4OS/c1-3-4-9-20-13-8-6-5-7-12(13)14(15(20)21)18-19-16-17-11(2)10-22-16/h5-8,10,21H,3-4,9H2,1-2H3. The lowest BCUT2D eigenvalue weighted by molar-refractivity contribution is 0.418. The zero-order valence-electron chi connectivity index (χ0n) is 12.7. The fraction of sp³-hybridized carbons (Fsp3) is 0.312. The lowest BCUT2D eigenvalue weighted by Crippen LogP contribution is -1.96. The Labute approximate surface area is 133 Å². The SMILES string of the molecule is CCCCn1c(O)c(N=Nc2nc(C)cs2)c2ccccc21. The molecule has 1 N–H and O–H groups in total. The summed E-state index contributed by atoms with van der Waals surface area (Å²) in [6.07, 6.45) is 2.08. The van der Waals surface area contributed by atoms with Crippen LogP contribution in [-0.2, 0) is 6.54 Å². The van der Waals surface area contributed by atoms with Crippen LogP contribution in [-0.4, -0.2) is 14.7 Å². The van der Waals surface area contributed by atoms with Gasteiger partial charge in [-0.1, -0.05) is 31.5 Å². The maximum Gasteiger partial charge on any atom is 0.230 e. The first-order valence-electron chi connectivity index (χ1n) is 7.34. The lowest BCUT2D eigenvalue weighted by atomic mass is 10.2. The monoisotopic (exact) mass is 314 g/mol. The minimum Gasteiger partial charge on any atom is -0.493 e. The van der Waals surface area contributed by atoms with E-state index in [1.807, 2.05) is 41.1 Å². The van der Waals surface area contributed by atoms with Gasteiger partial charge in [0.15, 0.2) is 5.69 Å². The van der Waals surface area contributed by atoms with Crippen LogP contribution in [0.3, 0.4) is 0 Å². The highest BCUT2D eigenvalue weighted by Crippen LogP contribution is 2.39. The minimum absolute atomic E-state index is 0.173. The number of azo groups is 1. The molecule has 2 heterocycles. The van der Waals surface area contributed by atoms with Crippen molar-refractivity contribution in [3.63, 3.8) is 0 Å². The van der Waals surface area contributed by atoms with Gasteiger partial charge in [-0.25, -0.2) is 4.98 Å². The molecule has 0 saturated heterocycles. The number of para-hydroxylation sites is 1. The Kier molecular flexibility index (Phi) is 4.20. The molecule has 1 aromatic carbocycles. The third-order valence-electron chi connectivity index (χ3n) is 3.50. The second-order valence-corrected chi connectivity index (χ2v) is 6.00. The van der Waals surface area contributed by atoms with E-state index in [1.165, 1.54) is 11.3 Å². The second-order valence-electron chi connectivity index (χ2n) is 5.17. The zero-order chi connectivity index (χ0) is 15.5. The summed E-state index contributed by atoms with van der Waals surface area (Å²) in [5, 5.41) is 22.4. The summed E-state index contributed by atoms with van der Waals surface area (Å²) in [5.74, 6) is 0.173. The Hall–Kier alpha value is -2.21. The van der Waals surface area contributed by atoms with Crippen molar-refractivity contribution < 1.29 is 5.11 Å². The maximum atomic E-state index is 10.5. The van der Waals surface area contributed by atoms with E-state index in [0.29, 0.717) is 10.8 Å². The van der Waals surface area contributed by atoms with E-state index in [2.05, 4.69) is 22.1 Å². The van der Waals surface area contributed by atoms with E-state index < -0.39 is 0 Å². The van der Waals surface area contributed by atoms with Gasteiger partial charge in [0, 0.05) is 17.3 Å². The highest BCUT2D eigenvalue weighted by atomic mass is 32.1. The largest absolute Gasteiger partial charge is 0.493 e. The van der Waals surface area contributed by atoms with E-state index in [9.17, 15) is 5.11 Å². The van der Waals surface area contributed by atoms with Crippen molar-refractivity contribution in [2.45, 2.75) is 33.2 Å². The molecule has 6 heteroatoms. The number of aryl methyl sites for hydroxylation is 2. The number of hydrogen-bond acceptors (Lipinski definition) is 5. The Balaban J connectivity index is 2.05. The van der Waals surface area contributed by atoms with Gasteiger partial charge in [0.05, 0.1) is 11.2 Å². The quantitative estimate of drug-likeness (QED) is 0.647. The van der Waals surface area contributed by atoms with Crippen molar-refractivity contribution >= 4 is 33.1 Å². The molecule has 0 radical (unpaired) electrons. The average Bonchev–Trinajstić information content (AvgIpc) is 3.05. The molecule has 0 atom stereocenters. The van der Waals surface area contributed by atoms with Gasteiger partial charge in [-0.15, -0.1) is 21.6 Å². The van der Waals surface area contributed by atoms with Gasteiger partial charge in [0.25, 0.3) is 0 Å². The molecule has 0 saturated carbocycles. The number of rotatable bonds is 5. The molecule has 0 fully saturated rings. The van der Waals surface area contributed by atoms with Gasteiger partial charge in [-0.2, -0.15) is 0 Å². The third kappa shape index (κ3) is 2.74. The molecule has 0 unspecified atom stereocenters. The summed E-state index contributed by atoms with van der Waals surface area (Å²) < 4.78 is 1.90. The third-order valence-corrected chi connectivity index (χ3v) is 4.34. The Morgan fingerprint density at radius 1 is 1.27 bits per heavy atom. The highest BCUT2D eigenvalue weighted by molar-refractivity contribution is 7.13. The Morgan fingerprint density at radius 3 is 2.82 bits per heavy atom. The summed E-state index contributed by atoms with van der Waals surface area (Å²) >= 11 is 1.44. The number of fused-ring (bicyclic) bond motifs is 1. The second kappa shape index (κ2) is 6.27. The van der Waals surface area contributed by atoms with Crippen molar-refractivity contribution in [3.8, 4) is 5.88 Å². The molecule has 3 aromatic rings. The molecule has 0 amide bonds. The van der Waals surface area contributed by atoms with Crippen molar-refractivity contribution in [1.82, 2.24) is 9.55 Å². The first-order chi connectivity index (χ1) is 10.7. The molecule has 0 aliphatic carbocycles. The van der Waals surface area contributed by atoms with Crippen molar-refractivity contribution in [1.29, 1.82) is 0 Å². The summed E-state index contributed by atoms with van der Waals surface area (Å²) in [6, 6.07) is 7.87. The molecule has 3 rings (SSSR count). The van der Waals surface area contributed by atoms with Crippen molar-refractivity contribution in [2.75, 3.05) is 0 Å². The van der Waals surface area contributed by atoms with Gasteiger partial charge in [0.2, 0.25) is 11.0 Å². The van der Waals surface area contributed by atoms with Crippen LogP contribution in [0.5, 0.6) is 5.88 Å². The van der Waals surface area contributed by atoms with E-state index in [-0.39, 0.29) is 5.88 Å². The normalized spacial score (nSPS) is 11.7.